The van der Waals surface area contributed by atoms with Crippen molar-refractivity contribution in [3.8, 4) is 0 Å². The number of hydrogen-bond donors (Lipinski definition) is 1. The van der Waals surface area contributed by atoms with Crippen LogP contribution in [0.25, 0.3) is 0 Å². The van der Waals surface area contributed by atoms with Gasteiger partial charge in [0.05, 0.1) is 6.61 Å². The average Bonchev–Trinajstić information content (AvgIpc) is 2.71. The third-order valence-corrected chi connectivity index (χ3v) is 6.41. The summed E-state index contributed by atoms with van der Waals surface area (Å²) in [6, 6.07) is 0. The van der Waals surface area contributed by atoms with E-state index in [1.807, 2.05) is 25.7 Å². The second kappa shape index (κ2) is 12.5. The largest absolute Gasteiger partial charge is 0.444 e. The van der Waals surface area contributed by atoms with Crippen molar-refractivity contribution in [3.63, 3.8) is 0 Å². The minimum atomic E-state index is -0.454. The predicted octanol–water partition coefficient (Wildman–Crippen LogP) is 7.05. The first-order chi connectivity index (χ1) is 14.5. The lowest BCUT2D eigenvalue weighted by molar-refractivity contribution is 0.0194. The van der Waals surface area contributed by atoms with Crippen molar-refractivity contribution in [1.29, 1.82) is 0 Å². The maximum atomic E-state index is 12.3. The molecule has 1 aliphatic rings. The minimum absolute atomic E-state index is 0.0780. The zero-order valence-corrected chi connectivity index (χ0v) is 21.4. The lowest BCUT2D eigenvalue weighted by atomic mass is 9.76. The third kappa shape index (κ3) is 9.22. The van der Waals surface area contributed by atoms with Crippen LogP contribution < -0.4 is 0 Å². The number of amides is 1. The van der Waals surface area contributed by atoms with Crippen LogP contribution in [0.4, 0.5) is 4.79 Å². The number of aliphatic hydroxyl groups excluding tert-OH is 1. The first-order valence-electron chi connectivity index (χ1n) is 12.1. The number of allylic oxidation sites excluding steroid dienone is 5. The molecule has 1 amide bonds. The van der Waals surface area contributed by atoms with Gasteiger partial charge in [0.1, 0.15) is 5.60 Å². The van der Waals surface area contributed by atoms with Gasteiger partial charge in [-0.25, -0.2) is 4.79 Å². The first kappa shape index (κ1) is 27.5. The summed E-state index contributed by atoms with van der Waals surface area (Å²) in [5.41, 5.74) is 3.21. The molecule has 31 heavy (non-hydrogen) atoms. The van der Waals surface area contributed by atoms with Crippen molar-refractivity contribution in [2.75, 3.05) is 19.7 Å². The molecule has 1 unspecified atom stereocenters. The molecule has 4 nitrogen and oxygen atoms in total. The van der Waals surface area contributed by atoms with Crippen LogP contribution in [0, 0.1) is 11.3 Å². The van der Waals surface area contributed by atoms with Gasteiger partial charge in [0.15, 0.2) is 0 Å². The highest BCUT2D eigenvalue weighted by atomic mass is 16.6. The molecule has 1 aliphatic heterocycles. The Kier molecular flexibility index (Phi) is 11.1. The van der Waals surface area contributed by atoms with Crippen LogP contribution >= 0.6 is 0 Å². The topological polar surface area (TPSA) is 49.8 Å². The zero-order valence-electron chi connectivity index (χ0n) is 21.4. The number of unbranched alkanes of at least 4 members (excludes halogenated alkanes) is 1. The minimum Gasteiger partial charge on any atom is -0.444 e. The molecule has 1 saturated heterocycles. The lowest BCUT2D eigenvalue weighted by Crippen LogP contribution is -2.41. The van der Waals surface area contributed by atoms with E-state index in [9.17, 15) is 9.90 Å². The maximum absolute atomic E-state index is 12.3. The summed E-state index contributed by atoms with van der Waals surface area (Å²) < 4.78 is 5.51. The van der Waals surface area contributed by atoms with Gasteiger partial charge in [0.2, 0.25) is 0 Å². The van der Waals surface area contributed by atoms with Crippen LogP contribution in [-0.2, 0) is 4.74 Å². The van der Waals surface area contributed by atoms with Crippen molar-refractivity contribution in [2.45, 2.75) is 99.5 Å². The Bertz CT molecular complexity index is 660. The normalized spacial score (nSPS) is 19.4. The van der Waals surface area contributed by atoms with Crippen molar-refractivity contribution in [1.82, 2.24) is 4.90 Å². The van der Waals surface area contributed by atoms with Crippen molar-refractivity contribution >= 4 is 6.09 Å². The van der Waals surface area contributed by atoms with Gasteiger partial charge in [0.25, 0.3) is 0 Å². The van der Waals surface area contributed by atoms with E-state index in [4.69, 9.17) is 4.74 Å². The van der Waals surface area contributed by atoms with E-state index in [1.54, 1.807) is 0 Å². The predicted molar refractivity (Wildman–Crippen MR) is 131 cm³/mol. The fourth-order valence-electron chi connectivity index (χ4n) is 4.15. The molecule has 1 fully saturated rings. The van der Waals surface area contributed by atoms with E-state index in [0.717, 1.165) is 57.2 Å². The Morgan fingerprint density at radius 2 is 1.71 bits per heavy atom. The van der Waals surface area contributed by atoms with Gasteiger partial charge in [-0.15, -0.1) is 0 Å². The van der Waals surface area contributed by atoms with Gasteiger partial charge in [-0.05, 0) is 71.8 Å². The molecule has 0 radical (unpaired) electrons. The Morgan fingerprint density at radius 3 is 2.19 bits per heavy atom. The van der Waals surface area contributed by atoms with Crippen molar-refractivity contribution < 1.29 is 14.6 Å². The fourth-order valence-corrected chi connectivity index (χ4v) is 4.15. The van der Waals surface area contributed by atoms with Gasteiger partial charge in [-0.1, -0.05) is 63.0 Å². The van der Waals surface area contributed by atoms with Crippen LogP contribution in [-0.4, -0.2) is 41.4 Å². The highest BCUT2D eigenvalue weighted by molar-refractivity contribution is 5.68. The highest BCUT2D eigenvalue weighted by Gasteiger charge is 2.28. The summed E-state index contributed by atoms with van der Waals surface area (Å²) in [5, 5.41) is 10.2. The molecule has 0 aromatic heterocycles. The highest BCUT2D eigenvalue weighted by Crippen LogP contribution is 2.36. The molecule has 1 N–H and O–H groups in total. The number of hydrogen-bond acceptors (Lipinski definition) is 3. The van der Waals surface area contributed by atoms with Crippen LogP contribution in [0.15, 0.2) is 34.9 Å². The van der Waals surface area contributed by atoms with E-state index < -0.39 is 5.60 Å². The van der Waals surface area contributed by atoms with Crippen LogP contribution in [0.2, 0.25) is 0 Å². The summed E-state index contributed by atoms with van der Waals surface area (Å²) in [6.07, 6.45) is 12.8. The standard InChI is InChI=1S/C27H47NO3/c1-9-11-16-27(8,19-21(3)10-2)24(20-29)13-12-22(4)23-14-17-28(18-15-23)25(30)31-26(5,6)7/h12-13,19,23,29H,9-11,14-18,20H2,1-8H3/b21-19?,22-12+,24-13-. The Labute approximate surface area is 191 Å². The molecule has 0 aromatic rings. The van der Waals surface area contributed by atoms with E-state index >= 15 is 0 Å². The molecular weight excluding hydrogens is 386 g/mol. The van der Waals surface area contributed by atoms with E-state index in [1.165, 1.54) is 11.1 Å². The number of likely N-dealkylation sites (tertiary alicyclic amines) is 1. The number of ether oxygens (including phenoxy) is 1. The first-order valence-corrected chi connectivity index (χ1v) is 12.1. The van der Waals surface area contributed by atoms with Crippen molar-refractivity contribution in [3.05, 3.63) is 34.9 Å². The second-order valence-electron chi connectivity index (χ2n) is 10.4. The van der Waals surface area contributed by atoms with Gasteiger partial charge in [-0.3, -0.25) is 0 Å². The summed E-state index contributed by atoms with van der Waals surface area (Å²) in [5.74, 6) is 0.463. The number of nitrogens with zero attached hydrogens (tertiary/aromatic N) is 1. The quantitative estimate of drug-likeness (QED) is 0.313. The summed E-state index contributed by atoms with van der Waals surface area (Å²) >= 11 is 0. The molecule has 0 spiro atoms. The smallest absolute Gasteiger partial charge is 0.410 e. The number of piperidine rings is 1. The van der Waals surface area contributed by atoms with E-state index in [0.29, 0.717) is 5.92 Å². The summed E-state index contributed by atoms with van der Waals surface area (Å²) in [4.78, 5) is 14.1. The number of carbonyl (C=O) groups excluding carboxylic acids is 1. The molecule has 1 rings (SSSR count). The monoisotopic (exact) mass is 433 g/mol. The van der Waals surface area contributed by atoms with Crippen molar-refractivity contribution in [2.24, 2.45) is 11.3 Å². The SMILES string of the molecule is CCCCC(C)(C=C(C)CC)/C(=C\C=C(/C)C1CCN(C(=O)OC(C)(C)C)CC1)CO. The zero-order chi connectivity index (χ0) is 23.7. The molecule has 4 heteroatoms. The average molecular weight is 434 g/mol. The van der Waals surface area contributed by atoms with Crippen LogP contribution in [0.1, 0.15) is 93.9 Å². The molecule has 0 aliphatic carbocycles. The Hall–Kier alpha value is -1.55. The Balaban J connectivity index is 2.90. The number of aliphatic hydroxyl groups is 1. The molecular formula is C27H47NO3. The molecule has 178 valence electrons. The van der Waals surface area contributed by atoms with Gasteiger partial charge in [-0.2, -0.15) is 0 Å². The molecule has 1 atom stereocenters. The van der Waals surface area contributed by atoms with Gasteiger partial charge < -0.3 is 14.7 Å². The number of rotatable bonds is 9. The maximum Gasteiger partial charge on any atom is 0.410 e. The summed E-state index contributed by atoms with van der Waals surface area (Å²) in [7, 11) is 0. The van der Waals surface area contributed by atoms with E-state index in [2.05, 4.69) is 52.8 Å². The third-order valence-electron chi connectivity index (χ3n) is 6.41. The fraction of sp³-hybridized carbons (Fsp3) is 0.741. The van der Waals surface area contributed by atoms with Crippen LogP contribution in [0.5, 0.6) is 0 Å². The molecule has 0 bridgehead atoms. The molecule has 0 saturated carbocycles. The molecule has 0 aromatic carbocycles. The summed E-state index contributed by atoms with van der Waals surface area (Å²) in [6.45, 7) is 18.3. The lowest BCUT2D eigenvalue weighted by Gasteiger charge is -2.34. The number of carbonyl (C=O) groups is 1. The molecule has 1 heterocycles. The van der Waals surface area contributed by atoms with Crippen LogP contribution in [0.3, 0.4) is 0 Å². The van der Waals surface area contributed by atoms with Gasteiger partial charge in [0, 0.05) is 18.5 Å². The Morgan fingerprint density at radius 1 is 1.10 bits per heavy atom. The van der Waals surface area contributed by atoms with E-state index in [-0.39, 0.29) is 18.1 Å². The second-order valence-corrected chi connectivity index (χ2v) is 10.4. The van der Waals surface area contributed by atoms with Gasteiger partial charge >= 0.3 is 6.09 Å².